The fourth-order valence-corrected chi connectivity index (χ4v) is 22.0. The van der Waals surface area contributed by atoms with Gasteiger partial charge in [0.15, 0.2) is 17.5 Å². The molecule has 0 spiro atoms. The van der Waals surface area contributed by atoms with Crippen LogP contribution in [0.3, 0.4) is 0 Å². The zero-order chi connectivity index (χ0) is 81.9. The van der Waals surface area contributed by atoms with Crippen LogP contribution in [-0.2, 0) is 0 Å². The van der Waals surface area contributed by atoms with Crippen molar-refractivity contribution in [2.24, 2.45) is 0 Å². The van der Waals surface area contributed by atoms with Crippen molar-refractivity contribution in [1.82, 2.24) is 44.9 Å². The Hall–Kier alpha value is -16.0. The van der Waals surface area contributed by atoms with Gasteiger partial charge < -0.3 is 8.83 Å². The van der Waals surface area contributed by atoms with Crippen LogP contribution in [-0.4, -0.2) is 44.9 Å². The highest BCUT2D eigenvalue weighted by atomic mass is 32.1. The maximum Gasteiger partial charge on any atom is 0.231 e. The summed E-state index contributed by atoms with van der Waals surface area (Å²) in [5.74, 6) is 1.82. The summed E-state index contributed by atoms with van der Waals surface area (Å²) in [6.07, 6.45) is 0. The Balaban J connectivity index is 0.000000100. The third-order valence-electron chi connectivity index (χ3n) is 24.4. The summed E-state index contributed by atoms with van der Waals surface area (Å²) in [5, 5.41) is 25.7. The second-order valence-electron chi connectivity index (χ2n) is 31.6. The van der Waals surface area contributed by atoms with Gasteiger partial charge in [-0.15, -0.1) is 34.0 Å². The minimum absolute atomic E-state index is 0.528. The first kappa shape index (κ1) is 70.8. The van der Waals surface area contributed by atoms with Gasteiger partial charge in [-0.25, -0.2) is 39.9 Å². The quantitative estimate of drug-likeness (QED) is 0.147. The maximum absolute atomic E-state index is 6.28. The SMILES string of the molecule is c1ccc(-c2nc(-c3nc4cc5c(cc4c4ccccc34)oc3ccccc35)nc3oc4ccccc4c23)cc1.c1ccc(-c2nc(-c3nc4cc5c(cc4c4ccccc34)sc3ccccc35)nc3c2sc2ccccc23)cc1.c1ccc2cc(-c3nc(-c4nc5cc6c(cc5c5ccccc45)sc4ccccc46)nc4c3ccc3ccccc34)ccc2c1. The monoisotopic (exact) mass is 1650 g/mol. The van der Waals surface area contributed by atoms with E-state index in [0.29, 0.717) is 23.2 Å². The number of nitrogens with zero attached hydrogens (tertiary/aromatic N) is 9. The zero-order valence-electron chi connectivity index (χ0n) is 66.3. The average molecular weight is 1650 g/mol. The van der Waals surface area contributed by atoms with Crippen LogP contribution in [0.25, 0.3) is 270 Å². The first-order chi connectivity index (χ1) is 61.9. The molecule has 11 heterocycles. The topological polar surface area (TPSA) is 142 Å². The van der Waals surface area contributed by atoms with Crippen LogP contribution in [0.2, 0.25) is 0 Å². The van der Waals surface area contributed by atoms with E-state index < -0.39 is 0 Å². The Labute approximate surface area is 722 Å². The molecule has 0 aliphatic carbocycles. The van der Waals surface area contributed by atoms with Crippen molar-refractivity contribution in [1.29, 1.82) is 0 Å². The van der Waals surface area contributed by atoms with Crippen LogP contribution in [0.5, 0.6) is 0 Å². The summed E-state index contributed by atoms with van der Waals surface area (Å²) < 4.78 is 19.9. The molecule has 11 nitrogen and oxygen atoms in total. The van der Waals surface area contributed by atoms with Crippen molar-refractivity contribution in [3.63, 3.8) is 0 Å². The third-order valence-corrected chi connectivity index (χ3v) is 27.8. The molecular weight excluding hydrogens is 1590 g/mol. The van der Waals surface area contributed by atoms with E-state index in [0.717, 1.165) is 186 Å². The number of pyridine rings is 3. The minimum atomic E-state index is 0.528. The fraction of sp³-hybridized carbons (Fsp3) is 0. The number of rotatable bonds is 6. The molecule has 28 rings (SSSR count). The average Bonchev–Trinajstić information content (AvgIpc) is 1.68. The number of para-hydroxylation sites is 2. The largest absolute Gasteiger partial charge is 0.456 e. The van der Waals surface area contributed by atoms with Crippen molar-refractivity contribution in [2.45, 2.75) is 0 Å². The number of thiophene rings is 3. The Morgan fingerprint density at radius 2 is 0.608 bits per heavy atom. The normalized spacial score (nSPS) is 12.0. The molecule has 0 saturated carbocycles. The smallest absolute Gasteiger partial charge is 0.231 e. The van der Waals surface area contributed by atoms with Gasteiger partial charge in [-0.05, 0) is 111 Å². The second-order valence-corrected chi connectivity index (χ2v) is 34.8. The van der Waals surface area contributed by atoms with Crippen LogP contribution >= 0.6 is 34.0 Å². The number of hydrogen-bond acceptors (Lipinski definition) is 14. The van der Waals surface area contributed by atoms with E-state index in [1.165, 1.54) is 61.2 Å². The molecule has 0 amide bonds. The van der Waals surface area contributed by atoms with E-state index in [9.17, 15) is 0 Å². The van der Waals surface area contributed by atoms with E-state index in [2.05, 4.69) is 297 Å². The van der Waals surface area contributed by atoms with E-state index in [1.807, 2.05) is 95.5 Å². The van der Waals surface area contributed by atoms with Gasteiger partial charge in [0, 0.05) is 126 Å². The lowest BCUT2D eigenvalue weighted by molar-refractivity contribution is 0.653. The lowest BCUT2D eigenvalue weighted by Crippen LogP contribution is -1.99. The summed E-state index contributed by atoms with van der Waals surface area (Å²) in [5.41, 5.74) is 15.9. The Bertz CT molecular complexity index is 9420. The van der Waals surface area contributed by atoms with Gasteiger partial charge in [0.05, 0.1) is 54.8 Å². The van der Waals surface area contributed by atoms with Crippen molar-refractivity contribution < 1.29 is 8.83 Å². The molecule has 0 bridgehead atoms. The van der Waals surface area contributed by atoms with E-state index in [4.69, 9.17) is 53.7 Å². The summed E-state index contributed by atoms with van der Waals surface area (Å²) in [6, 6.07) is 129. The molecule has 0 saturated heterocycles. The number of fused-ring (bicyclic) bond motifs is 28. The van der Waals surface area contributed by atoms with Crippen LogP contribution in [0.15, 0.2) is 379 Å². The lowest BCUT2D eigenvalue weighted by atomic mass is 9.99. The molecular formula is C111H61N9O2S3. The number of hydrogen-bond donors (Lipinski definition) is 0. The molecule has 0 unspecified atom stereocenters. The van der Waals surface area contributed by atoms with Gasteiger partial charge in [-0.3, -0.25) is 0 Å². The van der Waals surface area contributed by atoms with Gasteiger partial charge in [0.2, 0.25) is 5.71 Å². The van der Waals surface area contributed by atoms with Crippen LogP contribution in [0.1, 0.15) is 0 Å². The van der Waals surface area contributed by atoms with Crippen molar-refractivity contribution >= 4 is 236 Å². The minimum Gasteiger partial charge on any atom is -0.456 e. The standard InChI is InChI=1S/C41H23N3S.C35H19N3O2.C35H19N3S2/c1-2-11-26-21-27(18-17-24(26)9-1)38-32-20-19-25-10-3-4-12-28(25)39(32)44-41(43-38)40-31-15-6-5-13-29(31)33-23-37-34(22-35(33)42-40)30-14-7-8-16-36(30)45-37;1-2-10-20(11-3-1)32-31-24-15-7-9-17-29(24)40-35(31)38-34(37-32)33-23-14-5-4-12-21(23)25-19-30-26(18-27(25)36-33)22-13-6-8-16-28(22)39-30;1-2-10-20(11-3-1)31-34-32(24-15-7-9-17-29(24)40-34)38-35(37-31)33-23-14-5-4-12-21(23)25-19-30-26(18-27(25)36-33)22-13-6-8-16-28(22)39-30/h1-23H;2*1-19H. The maximum atomic E-state index is 6.28. The van der Waals surface area contributed by atoms with Gasteiger partial charge in [-0.2, -0.15) is 4.98 Å². The van der Waals surface area contributed by atoms with Gasteiger partial charge >= 0.3 is 0 Å². The highest BCUT2D eigenvalue weighted by Gasteiger charge is 2.26. The predicted molar refractivity (Wildman–Crippen MR) is 523 cm³/mol. The summed E-state index contributed by atoms with van der Waals surface area (Å²) in [6.45, 7) is 0. The molecule has 580 valence electrons. The van der Waals surface area contributed by atoms with Crippen molar-refractivity contribution in [2.75, 3.05) is 0 Å². The highest BCUT2D eigenvalue weighted by molar-refractivity contribution is 7.27. The molecule has 0 fully saturated rings. The predicted octanol–water partition coefficient (Wildman–Crippen LogP) is 30.9. The van der Waals surface area contributed by atoms with E-state index in [-0.39, 0.29) is 0 Å². The first-order valence-electron chi connectivity index (χ1n) is 41.5. The first-order valence-corrected chi connectivity index (χ1v) is 44.0. The van der Waals surface area contributed by atoms with Crippen LogP contribution in [0.4, 0.5) is 0 Å². The van der Waals surface area contributed by atoms with Gasteiger partial charge in [0.1, 0.15) is 33.8 Å². The Kier molecular flexibility index (Phi) is 16.0. The number of aromatic nitrogens is 9. The van der Waals surface area contributed by atoms with Crippen LogP contribution < -0.4 is 0 Å². The Morgan fingerprint density at radius 1 is 0.184 bits per heavy atom. The van der Waals surface area contributed by atoms with Crippen molar-refractivity contribution in [3.05, 3.63) is 370 Å². The zero-order valence-corrected chi connectivity index (χ0v) is 68.7. The van der Waals surface area contributed by atoms with Crippen molar-refractivity contribution in [3.8, 4) is 68.3 Å². The molecule has 28 aromatic rings. The third kappa shape index (κ3) is 11.6. The molecule has 14 heteroatoms. The summed E-state index contributed by atoms with van der Waals surface area (Å²) >= 11 is 5.43. The molecule has 17 aromatic carbocycles. The van der Waals surface area contributed by atoms with E-state index in [1.54, 1.807) is 11.3 Å². The molecule has 0 radical (unpaired) electrons. The van der Waals surface area contributed by atoms with Gasteiger partial charge in [-0.1, -0.05) is 291 Å². The summed E-state index contributed by atoms with van der Waals surface area (Å²) in [4.78, 5) is 47.1. The molecule has 0 atom stereocenters. The molecule has 125 heavy (non-hydrogen) atoms. The number of benzene rings is 17. The van der Waals surface area contributed by atoms with E-state index >= 15 is 0 Å². The number of furan rings is 2. The molecule has 11 aromatic heterocycles. The highest BCUT2D eigenvalue weighted by Crippen LogP contribution is 2.47. The fourth-order valence-electron chi connectivity index (χ4n) is 18.6. The molecule has 0 N–H and O–H groups in total. The van der Waals surface area contributed by atoms with Gasteiger partial charge in [0.25, 0.3) is 0 Å². The lowest BCUT2D eigenvalue weighted by Gasteiger charge is -2.14. The Morgan fingerprint density at radius 3 is 1.21 bits per heavy atom. The molecule has 0 aliphatic rings. The summed E-state index contributed by atoms with van der Waals surface area (Å²) in [7, 11) is 0. The molecule has 0 aliphatic heterocycles. The van der Waals surface area contributed by atoms with Crippen LogP contribution in [0, 0.1) is 0 Å². The second kappa shape index (κ2) is 28.3.